The summed E-state index contributed by atoms with van der Waals surface area (Å²) in [5.74, 6) is 0.381. The first-order valence-corrected chi connectivity index (χ1v) is 8.82. The largest absolute Gasteiger partial charge is 0.497 e. The second-order valence-electron chi connectivity index (χ2n) is 5.92. The van der Waals surface area contributed by atoms with Crippen LogP contribution in [0.3, 0.4) is 0 Å². The number of benzene rings is 1. The molecule has 0 spiro atoms. The van der Waals surface area contributed by atoms with Crippen molar-refractivity contribution in [2.45, 2.75) is 19.9 Å². The first-order chi connectivity index (χ1) is 13.2. The van der Waals surface area contributed by atoms with Crippen LogP contribution in [0.1, 0.15) is 18.1 Å². The maximum Gasteiger partial charge on any atom is 0.263 e. The lowest BCUT2D eigenvalue weighted by Crippen LogP contribution is -2.27. The monoisotopic (exact) mass is 364 g/mol. The molecule has 0 unspecified atom stereocenters. The molecule has 0 saturated carbocycles. The SMILES string of the molecule is CCN(/C=C(/C#N)C(=O)NCc1ccc(OC)cc1)CCc1ccncc1. The maximum absolute atomic E-state index is 12.3. The number of rotatable bonds is 9. The topological polar surface area (TPSA) is 78.2 Å². The minimum atomic E-state index is -0.379. The van der Waals surface area contributed by atoms with Gasteiger partial charge in [0, 0.05) is 38.2 Å². The third kappa shape index (κ3) is 6.48. The third-order valence-corrected chi connectivity index (χ3v) is 4.13. The standard InChI is InChI=1S/C21H24N4O2/c1-3-25(13-10-17-8-11-23-12-9-17)16-19(14-22)21(26)24-15-18-4-6-20(27-2)7-5-18/h4-9,11-12,16H,3,10,13,15H2,1-2H3,(H,24,26)/b19-16-. The van der Waals surface area contributed by atoms with Crippen LogP contribution < -0.4 is 10.1 Å². The van der Waals surface area contributed by atoms with E-state index in [1.807, 2.05) is 54.3 Å². The van der Waals surface area contributed by atoms with Crippen LogP contribution in [0.4, 0.5) is 0 Å². The second kappa shape index (κ2) is 10.6. The van der Waals surface area contributed by atoms with Gasteiger partial charge in [-0.15, -0.1) is 0 Å². The number of nitrogens with one attached hydrogen (secondary N) is 1. The van der Waals surface area contributed by atoms with Crippen molar-refractivity contribution in [1.82, 2.24) is 15.2 Å². The fraction of sp³-hybridized carbons (Fsp3) is 0.286. The molecular formula is C21H24N4O2. The number of likely N-dealkylation sites (N-methyl/N-ethyl adjacent to an activating group) is 1. The Hall–Kier alpha value is -3.33. The van der Waals surface area contributed by atoms with Crippen molar-refractivity contribution in [3.63, 3.8) is 0 Å². The first-order valence-electron chi connectivity index (χ1n) is 8.82. The molecule has 0 aliphatic carbocycles. The van der Waals surface area contributed by atoms with Gasteiger partial charge in [0.2, 0.25) is 0 Å². The molecule has 0 atom stereocenters. The van der Waals surface area contributed by atoms with E-state index in [-0.39, 0.29) is 11.5 Å². The predicted octanol–water partition coefficient (Wildman–Crippen LogP) is 2.68. The van der Waals surface area contributed by atoms with Gasteiger partial charge in [0.05, 0.1) is 7.11 Å². The van der Waals surface area contributed by atoms with Gasteiger partial charge in [0.25, 0.3) is 5.91 Å². The molecule has 6 heteroatoms. The fourth-order valence-corrected chi connectivity index (χ4v) is 2.48. The van der Waals surface area contributed by atoms with E-state index in [4.69, 9.17) is 4.74 Å². The lowest BCUT2D eigenvalue weighted by molar-refractivity contribution is -0.117. The maximum atomic E-state index is 12.3. The molecule has 0 aliphatic rings. The van der Waals surface area contributed by atoms with Gasteiger partial charge < -0.3 is 15.0 Å². The number of nitriles is 1. The van der Waals surface area contributed by atoms with E-state index in [0.29, 0.717) is 13.1 Å². The van der Waals surface area contributed by atoms with Crippen LogP contribution in [-0.2, 0) is 17.8 Å². The molecule has 0 aliphatic heterocycles. The number of aromatic nitrogens is 1. The molecule has 0 saturated heterocycles. The average Bonchev–Trinajstić information content (AvgIpc) is 2.73. The minimum absolute atomic E-state index is 0.0973. The Kier molecular flexibility index (Phi) is 7.86. The van der Waals surface area contributed by atoms with Crippen LogP contribution >= 0.6 is 0 Å². The Bertz CT molecular complexity index is 795. The summed E-state index contributed by atoms with van der Waals surface area (Å²) in [5.41, 5.74) is 2.20. The number of methoxy groups -OCH3 is 1. The average molecular weight is 364 g/mol. The first kappa shape index (κ1) is 20.0. The van der Waals surface area contributed by atoms with Crippen LogP contribution in [0.2, 0.25) is 0 Å². The van der Waals surface area contributed by atoms with Crippen molar-refractivity contribution in [3.05, 3.63) is 71.7 Å². The highest BCUT2D eigenvalue weighted by molar-refractivity contribution is 5.97. The third-order valence-electron chi connectivity index (χ3n) is 4.13. The van der Waals surface area contributed by atoms with Gasteiger partial charge in [0.1, 0.15) is 17.4 Å². The normalized spacial score (nSPS) is 10.8. The molecule has 140 valence electrons. The number of nitrogens with zero attached hydrogens (tertiary/aromatic N) is 3. The lowest BCUT2D eigenvalue weighted by atomic mass is 10.2. The predicted molar refractivity (Wildman–Crippen MR) is 104 cm³/mol. The van der Waals surface area contributed by atoms with Crippen molar-refractivity contribution < 1.29 is 9.53 Å². The van der Waals surface area contributed by atoms with Gasteiger partial charge in [-0.05, 0) is 48.7 Å². The molecule has 27 heavy (non-hydrogen) atoms. The highest BCUT2D eigenvalue weighted by Gasteiger charge is 2.11. The zero-order chi connectivity index (χ0) is 19.5. The van der Waals surface area contributed by atoms with Gasteiger partial charge in [-0.1, -0.05) is 12.1 Å². The fourth-order valence-electron chi connectivity index (χ4n) is 2.48. The molecule has 6 nitrogen and oxygen atoms in total. The van der Waals surface area contributed by atoms with Crippen LogP contribution in [0.25, 0.3) is 0 Å². The van der Waals surface area contributed by atoms with E-state index in [2.05, 4.69) is 10.3 Å². The van der Waals surface area contributed by atoms with E-state index in [9.17, 15) is 10.1 Å². The van der Waals surface area contributed by atoms with Gasteiger partial charge in [-0.2, -0.15) is 5.26 Å². The van der Waals surface area contributed by atoms with E-state index in [1.165, 1.54) is 5.56 Å². The van der Waals surface area contributed by atoms with Crippen molar-refractivity contribution in [1.29, 1.82) is 5.26 Å². The summed E-state index contributed by atoms with van der Waals surface area (Å²) < 4.78 is 5.11. The summed E-state index contributed by atoms with van der Waals surface area (Å²) in [6, 6.07) is 13.3. The number of pyridine rings is 1. The highest BCUT2D eigenvalue weighted by atomic mass is 16.5. The van der Waals surface area contributed by atoms with Crippen LogP contribution in [0.15, 0.2) is 60.6 Å². The molecule has 2 rings (SSSR count). The highest BCUT2D eigenvalue weighted by Crippen LogP contribution is 2.11. The zero-order valence-corrected chi connectivity index (χ0v) is 15.7. The van der Waals surface area contributed by atoms with E-state index < -0.39 is 0 Å². The van der Waals surface area contributed by atoms with Crippen molar-refractivity contribution in [2.24, 2.45) is 0 Å². The zero-order valence-electron chi connectivity index (χ0n) is 15.7. The number of carbonyl (C=O) groups is 1. The number of hydrogen-bond acceptors (Lipinski definition) is 5. The molecule has 1 amide bonds. The second-order valence-corrected chi connectivity index (χ2v) is 5.92. The number of ether oxygens (including phenoxy) is 1. The Morgan fingerprint density at radius 1 is 1.22 bits per heavy atom. The molecular weight excluding hydrogens is 340 g/mol. The summed E-state index contributed by atoms with van der Waals surface area (Å²) in [7, 11) is 1.61. The van der Waals surface area contributed by atoms with Gasteiger partial charge in [0.15, 0.2) is 0 Å². The van der Waals surface area contributed by atoms with Crippen molar-refractivity contribution in [3.8, 4) is 11.8 Å². The smallest absolute Gasteiger partial charge is 0.263 e. The summed E-state index contributed by atoms with van der Waals surface area (Å²) >= 11 is 0. The summed E-state index contributed by atoms with van der Waals surface area (Å²) in [4.78, 5) is 18.3. The van der Waals surface area contributed by atoms with Crippen LogP contribution in [0.5, 0.6) is 5.75 Å². The molecule has 1 heterocycles. The Labute approximate surface area is 160 Å². The molecule has 0 bridgehead atoms. The molecule has 1 aromatic heterocycles. The minimum Gasteiger partial charge on any atom is -0.497 e. The van der Waals surface area contributed by atoms with Crippen molar-refractivity contribution >= 4 is 5.91 Å². The van der Waals surface area contributed by atoms with Gasteiger partial charge in [-0.3, -0.25) is 9.78 Å². The molecule has 1 N–H and O–H groups in total. The van der Waals surface area contributed by atoms with E-state index in [0.717, 1.165) is 24.3 Å². The van der Waals surface area contributed by atoms with Crippen LogP contribution in [0, 0.1) is 11.3 Å². The van der Waals surface area contributed by atoms with E-state index >= 15 is 0 Å². The summed E-state index contributed by atoms with van der Waals surface area (Å²) in [5, 5.41) is 12.1. The number of hydrogen-bond donors (Lipinski definition) is 1. The summed E-state index contributed by atoms with van der Waals surface area (Å²) in [6.07, 6.45) is 5.97. The Morgan fingerprint density at radius 3 is 2.52 bits per heavy atom. The summed E-state index contributed by atoms with van der Waals surface area (Å²) in [6.45, 7) is 3.78. The molecule has 1 aromatic carbocycles. The van der Waals surface area contributed by atoms with Crippen LogP contribution in [-0.4, -0.2) is 36.0 Å². The Balaban J connectivity index is 1.93. The number of amides is 1. The number of carbonyl (C=O) groups excluding carboxylic acids is 1. The molecule has 2 aromatic rings. The van der Waals surface area contributed by atoms with Crippen molar-refractivity contribution in [2.75, 3.05) is 20.2 Å². The van der Waals surface area contributed by atoms with Gasteiger partial charge >= 0.3 is 0 Å². The van der Waals surface area contributed by atoms with Gasteiger partial charge in [-0.25, -0.2) is 0 Å². The lowest BCUT2D eigenvalue weighted by Gasteiger charge is -2.18. The van der Waals surface area contributed by atoms with E-state index in [1.54, 1.807) is 25.7 Å². The molecule has 0 fully saturated rings. The quantitative estimate of drug-likeness (QED) is 0.547. The Morgan fingerprint density at radius 2 is 1.93 bits per heavy atom. The molecule has 0 radical (unpaired) electrons.